The van der Waals surface area contributed by atoms with Gasteiger partial charge in [0.05, 0.1) is 17.8 Å². The molecule has 19 heavy (non-hydrogen) atoms. The van der Waals surface area contributed by atoms with Crippen LogP contribution in [0.25, 0.3) is 0 Å². The van der Waals surface area contributed by atoms with Gasteiger partial charge in [-0.3, -0.25) is 0 Å². The van der Waals surface area contributed by atoms with Crippen molar-refractivity contribution in [1.82, 2.24) is 4.31 Å². The average Bonchev–Trinajstić information content (AvgIpc) is 2.39. The van der Waals surface area contributed by atoms with Crippen LogP contribution in [0.1, 0.15) is 25.7 Å². The van der Waals surface area contributed by atoms with E-state index in [1.807, 2.05) is 0 Å². The summed E-state index contributed by atoms with van der Waals surface area (Å²) in [7, 11) is -2.14. The molecule has 0 radical (unpaired) electrons. The Morgan fingerprint density at radius 3 is 2.53 bits per heavy atom. The van der Waals surface area contributed by atoms with E-state index in [4.69, 9.17) is 5.73 Å². The zero-order valence-corrected chi connectivity index (χ0v) is 11.8. The van der Waals surface area contributed by atoms with Gasteiger partial charge in [-0.15, -0.1) is 0 Å². The zero-order valence-electron chi connectivity index (χ0n) is 11.0. The van der Waals surface area contributed by atoms with Crippen LogP contribution in [0.4, 0.5) is 5.69 Å². The third-order valence-corrected chi connectivity index (χ3v) is 5.69. The highest BCUT2D eigenvalue weighted by molar-refractivity contribution is 7.89. The van der Waals surface area contributed by atoms with Crippen LogP contribution in [0.15, 0.2) is 29.2 Å². The fourth-order valence-electron chi connectivity index (χ4n) is 2.56. The van der Waals surface area contributed by atoms with Crippen LogP contribution < -0.4 is 5.73 Å². The third kappa shape index (κ3) is 2.75. The maximum absolute atomic E-state index is 12.5. The number of likely N-dealkylation sites (N-methyl/N-ethyl adjacent to an activating group) is 1. The lowest BCUT2D eigenvalue weighted by molar-refractivity contribution is 0.0638. The standard InChI is InChI=1S/C13H20N2O3S/c1-15(11-7-3-4-8-12(11)16)19(17,18)13-9-5-2-6-10(13)14/h2,5-6,9,11-12,16H,3-4,7-8,14H2,1H3. The summed E-state index contributed by atoms with van der Waals surface area (Å²) in [5, 5.41) is 9.98. The summed E-state index contributed by atoms with van der Waals surface area (Å²) in [4.78, 5) is 0.107. The van der Waals surface area contributed by atoms with Gasteiger partial charge in [0, 0.05) is 7.05 Å². The van der Waals surface area contributed by atoms with E-state index in [1.165, 1.54) is 17.4 Å². The minimum Gasteiger partial charge on any atom is -0.398 e. The number of para-hydroxylation sites is 1. The van der Waals surface area contributed by atoms with Gasteiger partial charge in [0.2, 0.25) is 10.0 Å². The Bertz CT molecular complexity index is 545. The van der Waals surface area contributed by atoms with Gasteiger partial charge in [-0.05, 0) is 25.0 Å². The molecule has 1 aliphatic rings. The minimum absolute atomic E-state index is 0.107. The van der Waals surface area contributed by atoms with Gasteiger partial charge in [0.1, 0.15) is 4.90 Å². The molecule has 3 N–H and O–H groups in total. The third-order valence-electron chi connectivity index (χ3n) is 3.74. The topological polar surface area (TPSA) is 83.6 Å². The lowest BCUT2D eigenvalue weighted by atomic mass is 9.93. The van der Waals surface area contributed by atoms with Crippen molar-refractivity contribution in [1.29, 1.82) is 0 Å². The number of nitrogens with zero attached hydrogens (tertiary/aromatic N) is 1. The molecule has 0 aliphatic heterocycles. The molecule has 2 rings (SSSR count). The molecular weight excluding hydrogens is 264 g/mol. The van der Waals surface area contributed by atoms with Gasteiger partial charge < -0.3 is 10.8 Å². The number of hydrogen-bond donors (Lipinski definition) is 2. The van der Waals surface area contributed by atoms with Crippen molar-refractivity contribution < 1.29 is 13.5 Å². The second-order valence-corrected chi connectivity index (χ2v) is 6.94. The molecular formula is C13H20N2O3S. The predicted octanol–water partition coefficient (Wildman–Crippen LogP) is 1.19. The van der Waals surface area contributed by atoms with Gasteiger partial charge in [0.15, 0.2) is 0 Å². The fourth-order valence-corrected chi connectivity index (χ4v) is 4.09. The Morgan fingerprint density at radius 1 is 1.26 bits per heavy atom. The molecule has 2 atom stereocenters. The molecule has 0 heterocycles. The number of rotatable bonds is 3. The first-order chi connectivity index (χ1) is 8.94. The molecule has 0 amide bonds. The number of aliphatic hydroxyl groups is 1. The van der Waals surface area contributed by atoms with Crippen molar-refractivity contribution >= 4 is 15.7 Å². The maximum Gasteiger partial charge on any atom is 0.245 e. The molecule has 1 aromatic carbocycles. The van der Waals surface area contributed by atoms with Crippen molar-refractivity contribution in [2.75, 3.05) is 12.8 Å². The van der Waals surface area contributed by atoms with Crippen LogP contribution in [0.2, 0.25) is 0 Å². The summed E-state index contributed by atoms with van der Waals surface area (Å²) in [6, 6.07) is 6.05. The summed E-state index contributed by atoms with van der Waals surface area (Å²) in [6.45, 7) is 0. The molecule has 6 heteroatoms. The number of hydrogen-bond acceptors (Lipinski definition) is 4. The van der Waals surface area contributed by atoms with E-state index in [-0.39, 0.29) is 16.6 Å². The Hall–Kier alpha value is -1.11. The Morgan fingerprint density at radius 2 is 1.89 bits per heavy atom. The number of benzene rings is 1. The SMILES string of the molecule is CN(C1CCCCC1O)S(=O)(=O)c1ccccc1N. The second kappa shape index (κ2) is 5.48. The molecule has 1 saturated carbocycles. The summed E-state index contributed by atoms with van der Waals surface area (Å²) in [5.41, 5.74) is 5.98. The van der Waals surface area contributed by atoms with Crippen LogP contribution in [0.5, 0.6) is 0 Å². The van der Waals surface area contributed by atoms with Gasteiger partial charge in [-0.2, -0.15) is 4.31 Å². The molecule has 0 spiro atoms. The zero-order chi connectivity index (χ0) is 14.0. The second-order valence-electron chi connectivity index (χ2n) is 4.98. The minimum atomic E-state index is -3.65. The van der Waals surface area contributed by atoms with Crippen LogP contribution in [-0.2, 0) is 10.0 Å². The molecule has 0 bridgehead atoms. The van der Waals surface area contributed by atoms with Crippen molar-refractivity contribution in [2.45, 2.75) is 42.7 Å². The molecule has 1 aromatic rings. The van der Waals surface area contributed by atoms with Crippen molar-refractivity contribution in [3.8, 4) is 0 Å². The normalized spacial score (nSPS) is 24.6. The van der Waals surface area contributed by atoms with Crippen molar-refractivity contribution in [3.63, 3.8) is 0 Å². The largest absolute Gasteiger partial charge is 0.398 e. The van der Waals surface area contributed by atoms with Crippen LogP contribution >= 0.6 is 0 Å². The van der Waals surface area contributed by atoms with Gasteiger partial charge in [-0.1, -0.05) is 25.0 Å². The summed E-state index contributed by atoms with van der Waals surface area (Å²) in [6.07, 6.45) is 2.61. The Kier molecular flexibility index (Phi) is 4.13. The van der Waals surface area contributed by atoms with Crippen LogP contribution in [-0.4, -0.2) is 37.0 Å². The molecule has 5 nitrogen and oxygen atoms in total. The molecule has 1 fully saturated rings. The highest BCUT2D eigenvalue weighted by Crippen LogP contribution is 2.28. The average molecular weight is 284 g/mol. The van der Waals surface area contributed by atoms with E-state index in [0.717, 1.165) is 12.8 Å². The summed E-state index contributed by atoms with van der Waals surface area (Å²) >= 11 is 0. The first-order valence-electron chi connectivity index (χ1n) is 6.45. The van der Waals surface area contributed by atoms with Gasteiger partial charge in [0.25, 0.3) is 0 Å². The van der Waals surface area contributed by atoms with E-state index in [2.05, 4.69) is 0 Å². The molecule has 1 aliphatic carbocycles. The molecule has 0 saturated heterocycles. The van der Waals surface area contributed by atoms with E-state index >= 15 is 0 Å². The number of anilines is 1. The molecule has 2 unspecified atom stereocenters. The van der Waals surface area contributed by atoms with Crippen molar-refractivity contribution in [3.05, 3.63) is 24.3 Å². The highest BCUT2D eigenvalue weighted by Gasteiger charge is 2.34. The fraction of sp³-hybridized carbons (Fsp3) is 0.538. The maximum atomic E-state index is 12.5. The summed E-state index contributed by atoms with van der Waals surface area (Å²) < 4.78 is 26.3. The first-order valence-corrected chi connectivity index (χ1v) is 7.89. The first kappa shape index (κ1) is 14.3. The van der Waals surface area contributed by atoms with E-state index in [1.54, 1.807) is 18.2 Å². The Balaban J connectivity index is 2.31. The lowest BCUT2D eigenvalue weighted by Crippen LogP contribution is -2.46. The quantitative estimate of drug-likeness (QED) is 0.817. The Labute approximate surface area is 114 Å². The van der Waals surface area contributed by atoms with E-state index < -0.39 is 16.1 Å². The van der Waals surface area contributed by atoms with Crippen molar-refractivity contribution in [2.24, 2.45) is 0 Å². The number of nitrogens with two attached hydrogens (primary N) is 1. The smallest absolute Gasteiger partial charge is 0.245 e. The predicted molar refractivity (Wildman–Crippen MR) is 74.1 cm³/mol. The summed E-state index contributed by atoms with van der Waals surface area (Å²) in [5.74, 6) is 0. The molecule has 106 valence electrons. The monoisotopic (exact) mass is 284 g/mol. The van der Waals surface area contributed by atoms with Gasteiger partial charge >= 0.3 is 0 Å². The van der Waals surface area contributed by atoms with E-state index in [9.17, 15) is 13.5 Å². The van der Waals surface area contributed by atoms with Crippen LogP contribution in [0.3, 0.4) is 0 Å². The van der Waals surface area contributed by atoms with E-state index in [0.29, 0.717) is 12.8 Å². The number of sulfonamides is 1. The lowest BCUT2D eigenvalue weighted by Gasteiger charge is -2.34. The van der Waals surface area contributed by atoms with Crippen LogP contribution in [0, 0.1) is 0 Å². The number of nitrogen functional groups attached to an aromatic ring is 1. The number of aliphatic hydroxyl groups excluding tert-OH is 1. The molecule has 0 aromatic heterocycles. The highest BCUT2D eigenvalue weighted by atomic mass is 32.2. The van der Waals surface area contributed by atoms with Gasteiger partial charge in [-0.25, -0.2) is 8.42 Å².